The molecule has 9 unspecified atom stereocenters. The largest absolute Gasteiger partial charge is 0.508 e. The molecule has 12 nitrogen and oxygen atoms in total. The van der Waals surface area contributed by atoms with Crippen molar-refractivity contribution in [1.29, 1.82) is 0 Å². The molecule has 2 saturated heterocycles. The normalized spacial score (nSPS) is 29.5. The third-order valence-corrected chi connectivity index (χ3v) is 9.96. The predicted octanol–water partition coefficient (Wildman–Crippen LogP) is 3.13. The Bertz CT molecular complexity index is 1290. The Labute approximate surface area is 284 Å². The van der Waals surface area contributed by atoms with Crippen LogP contribution in [-0.4, -0.2) is 93.2 Å². The van der Waals surface area contributed by atoms with Gasteiger partial charge in [-0.3, -0.25) is 19.2 Å². The number of carbonyl (C=O) groups excluding carboxylic acids is 5. The summed E-state index contributed by atoms with van der Waals surface area (Å²) in [6.07, 6.45) is -0.0712. The summed E-state index contributed by atoms with van der Waals surface area (Å²) < 4.78 is 5.71. The van der Waals surface area contributed by atoms with E-state index in [2.05, 4.69) is 10.6 Å². The molecule has 3 rings (SSSR count). The lowest BCUT2D eigenvalue weighted by molar-refractivity contribution is -0.171. The number of aliphatic hydroxyl groups excluding tert-OH is 1. The van der Waals surface area contributed by atoms with Gasteiger partial charge in [0.05, 0.1) is 12.3 Å². The first-order chi connectivity index (χ1) is 22.6. The van der Waals surface area contributed by atoms with Crippen LogP contribution in [-0.2, 0) is 35.1 Å². The molecule has 268 valence electrons. The number of likely N-dealkylation sites (N-methyl/N-ethyl adjacent to an activating group) is 1. The van der Waals surface area contributed by atoms with Crippen molar-refractivity contribution >= 4 is 29.6 Å². The first-order valence-corrected chi connectivity index (χ1v) is 17.4. The molecule has 4 N–H and O–H groups in total. The fraction of sp³-hybridized carbons (Fsp3) is 0.694. The van der Waals surface area contributed by atoms with Crippen LogP contribution in [0.5, 0.6) is 5.75 Å². The minimum atomic E-state index is -1.23. The number of nitrogens with one attached hydrogen (secondary N) is 2. The fourth-order valence-electron chi connectivity index (χ4n) is 6.70. The lowest BCUT2D eigenvalue weighted by Crippen LogP contribution is -2.64. The molecule has 4 amide bonds. The number of hydrogen-bond donors (Lipinski definition) is 4. The Balaban J connectivity index is 2.19. The maximum atomic E-state index is 14.6. The zero-order valence-electron chi connectivity index (χ0n) is 29.8. The van der Waals surface area contributed by atoms with Crippen LogP contribution < -0.4 is 10.6 Å². The van der Waals surface area contributed by atoms with Crippen molar-refractivity contribution in [2.24, 2.45) is 23.7 Å². The van der Waals surface area contributed by atoms with E-state index in [-0.39, 0.29) is 42.8 Å². The van der Waals surface area contributed by atoms with E-state index in [1.165, 1.54) is 29.0 Å². The number of rotatable bonds is 8. The molecule has 0 saturated carbocycles. The SMILES string of the molecule is CCC(C)C1NC(=O)C(Cc2ccc(O)cc2)N(C)C(=O)C(C(C)CC)N2C(=O)C(CCC2O)C(CC(C)C)NC(=O)CC(C)OC1=O. The molecule has 2 fully saturated rings. The van der Waals surface area contributed by atoms with Gasteiger partial charge in [0, 0.05) is 19.5 Å². The Morgan fingerprint density at radius 3 is 2.12 bits per heavy atom. The highest BCUT2D eigenvalue weighted by Gasteiger charge is 2.48. The Hall–Kier alpha value is -3.67. The number of hydrogen-bond acceptors (Lipinski definition) is 8. The molecule has 48 heavy (non-hydrogen) atoms. The van der Waals surface area contributed by atoms with Gasteiger partial charge < -0.3 is 35.4 Å². The number of nitrogens with zero attached hydrogens (tertiary/aromatic N) is 2. The van der Waals surface area contributed by atoms with Crippen LogP contribution >= 0.6 is 0 Å². The lowest BCUT2D eigenvalue weighted by Gasteiger charge is -2.46. The van der Waals surface area contributed by atoms with Crippen LogP contribution in [0.4, 0.5) is 0 Å². The van der Waals surface area contributed by atoms with Crippen molar-refractivity contribution in [3.05, 3.63) is 29.8 Å². The van der Waals surface area contributed by atoms with E-state index in [1.54, 1.807) is 19.1 Å². The molecule has 2 heterocycles. The number of cyclic esters (lactones) is 1. The minimum absolute atomic E-state index is 0.0444. The predicted molar refractivity (Wildman–Crippen MR) is 180 cm³/mol. The van der Waals surface area contributed by atoms with E-state index in [1.807, 2.05) is 41.5 Å². The van der Waals surface area contributed by atoms with Crippen LogP contribution in [0.3, 0.4) is 0 Å². The number of carbonyl (C=O) groups is 5. The van der Waals surface area contributed by atoms with E-state index in [0.717, 1.165) is 0 Å². The topological polar surface area (TPSA) is 166 Å². The summed E-state index contributed by atoms with van der Waals surface area (Å²) in [6.45, 7) is 13.0. The molecule has 1 aromatic carbocycles. The Kier molecular flexibility index (Phi) is 13.8. The number of aliphatic hydroxyl groups is 1. The third-order valence-electron chi connectivity index (χ3n) is 9.96. The number of phenols is 1. The minimum Gasteiger partial charge on any atom is -0.508 e. The van der Waals surface area contributed by atoms with E-state index in [9.17, 15) is 34.2 Å². The summed E-state index contributed by atoms with van der Waals surface area (Å²) >= 11 is 0. The Morgan fingerprint density at radius 2 is 1.54 bits per heavy atom. The van der Waals surface area contributed by atoms with Crippen LogP contribution in [0.25, 0.3) is 0 Å². The van der Waals surface area contributed by atoms with Gasteiger partial charge >= 0.3 is 5.97 Å². The molecule has 2 aliphatic rings. The molecular weight excluding hydrogens is 616 g/mol. The summed E-state index contributed by atoms with van der Waals surface area (Å²) in [4.78, 5) is 72.6. The highest BCUT2D eigenvalue weighted by atomic mass is 16.5. The molecule has 0 spiro atoms. The van der Waals surface area contributed by atoms with Crippen molar-refractivity contribution in [2.45, 2.75) is 130 Å². The van der Waals surface area contributed by atoms with Gasteiger partial charge in [-0.15, -0.1) is 0 Å². The second-order valence-electron chi connectivity index (χ2n) is 14.2. The molecule has 9 atom stereocenters. The molecule has 12 heteroatoms. The van der Waals surface area contributed by atoms with Crippen LogP contribution in [0.1, 0.15) is 92.6 Å². The van der Waals surface area contributed by atoms with Gasteiger partial charge in [0.1, 0.15) is 36.2 Å². The highest BCUT2D eigenvalue weighted by molar-refractivity contribution is 5.94. The highest BCUT2D eigenvalue weighted by Crippen LogP contribution is 2.33. The van der Waals surface area contributed by atoms with E-state index in [4.69, 9.17) is 4.74 Å². The maximum absolute atomic E-state index is 14.6. The van der Waals surface area contributed by atoms with Gasteiger partial charge in [0.25, 0.3) is 0 Å². The fourth-order valence-corrected chi connectivity index (χ4v) is 6.70. The van der Waals surface area contributed by atoms with Gasteiger partial charge in [-0.05, 0) is 61.6 Å². The molecular formula is C36H56N4O8. The first kappa shape index (κ1) is 38.8. The van der Waals surface area contributed by atoms with E-state index >= 15 is 0 Å². The van der Waals surface area contributed by atoms with Crippen molar-refractivity contribution in [3.8, 4) is 5.75 Å². The van der Waals surface area contributed by atoms with Gasteiger partial charge in [-0.2, -0.15) is 0 Å². The number of piperidine rings is 1. The zero-order chi connectivity index (χ0) is 35.9. The smallest absolute Gasteiger partial charge is 0.329 e. The molecule has 1 aromatic rings. The second-order valence-corrected chi connectivity index (χ2v) is 14.2. The van der Waals surface area contributed by atoms with Crippen molar-refractivity contribution in [1.82, 2.24) is 20.4 Å². The third kappa shape index (κ3) is 9.48. The average molecular weight is 673 g/mol. The molecule has 0 radical (unpaired) electrons. The molecule has 2 bridgehead atoms. The van der Waals surface area contributed by atoms with Gasteiger partial charge in [0.2, 0.25) is 23.6 Å². The lowest BCUT2D eigenvalue weighted by atomic mass is 9.82. The summed E-state index contributed by atoms with van der Waals surface area (Å²) in [6, 6.07) is 2.44. The first-order valence-electron chi connectivity index (χ1n) is 17.4. The maximum Gasteiger partial charge on any atom is 0.329 e. The van der Waals surface area contributed by atoms with E-state index < -0.39 is 72.0 Å². The van der Waals surface area contributed by atoms with Crippen LogP contribution in [0.2, 0.25) is 0 Å². The summed E-state index contributed by atoms with van der Waals surface area (Å²) in [7, 11) is 1.50. The average Bonchev–Trinajstić information content (AvgIpc) is 3.02. The molecule has 2 aliphatic heterocycles. The number of fused-ring (bicyclic) bond motifs is 2. The number of phenolic OH excluding ortho intramolecular Hbond substituents is 1. The summed E-state index contributed by atoms with van der Waals surface area (Å²) in [5.74, 6) is -3.86. The van der Waals surface area contributed by atoms with Gasteiger partial charge in [0.15, 0.2) is 0 Å². The number of aromatic hydroxyl groups is 1. The quantitative estimate of drug-likeness (QED) is 0.306. The Morgan fingerprint density at radius 1 is 0.917 bits per heavy atom. The number of ether oxygens (including phenoxy) is 1. The van der Waals surface area contributed by atoms with Crippen LogP contribution in [0, 0.1) is 23.7 Å². The standard InChI is InChI=1S/C36H56N4O8/c1-9-21(5)31-36(47)48-23(7)18-29(42)37-27(17-20(3)4)26-15-16-30(43)40(34(26)45)32(22(6)10-2)35(46)39(8)28(33(44)38-31)19-24-11-13-25(41)14-12-24/h11-14,20-23,26-28,30-32,41,43H,9-10,15-19H2,1-8H3,(H,37,42)(H,38,44). The molecule has 0 aliphatic carbocycles. The second kappa shape index (κ2) is 17.1. The van der Waals surface area contributed by atoms with Gasteiger partial charge in [-0.25, -0.2) is 4.79 Å². The monoisotopic (exact) mass is 672 g/mol. The van der Waals surface area contributed by atoms with Crippen molar-refractivity contribution in [3.63, 3.8) is 0 Å². The molecule has 0 aromatic heterocycles. The number of benzene rings is 1. The number of amides is 4. The van der Waals surface area contributed by atoms with Crippen molar-refractivity contribution in [2.75, 3.05) is 7.05 Å². The summed E-state index contributed by atoms with van der Waals surface area (Å²) in [5.41, 5.74) is 0.658. The zero-order valence-corrected chi connectivity index (χ0v) is 29.8. The van der Waals surface area contributed by atoms with Gasteiger partial charge in [-0.1, -0.05) is 66.5 Å². The summed E-state index contributed by atoms with van der Waals surface area (Å²) in [5, 5.41) is 27.0. The number of esters is 1. The van der Waals surface area contributed by atoms with Crippen LogP contribution in [0.15, 0.2) is 24.3 Å². The van der Waals surface area contributed by atoms with Crippen molar-refractivity contribution < 1.29 is 38.9 Å². The van der Waals surface area contributed by atoms with E-state index in [0.29, 0.717) is 31.2 Å².